The molecule has 2 aromatic rings. The highest BCUT2D eigenvalue weighted by Gasteiger charge is 2.10. The molecule has 0 radical (unpaired) electrons. The van der Waals surface area contributed by atoms with Crippen LogP contribution in [0.4, 0.5) is 10.1 Å². The second-order valence-electron chi connectivity index (χ2n) is 4.56. The van der Waals surface area contributed by atoms with Crippen molar-refractivity contribution >= 4 is 17.3 Å². The first-order valence-electron chi connectivity index (χ1n) is 6.15. The van der Waals surface area contributed by atoms with Gasteiger partial charge in [0.05, 0.1) is 11.1 Å². The van der Waals surface area contributed by atoms with Gasteiger partial charge >= 0.3 is 0 Å². The lowest BCUT2D eigenvalue weighted by atomic mass is 10.2. The second kappa shape index (κ2) is 6.01. The van der Waals surface area contributed by atoms with Crippen molar-refractivity contribution in [2.75, 3.05) is 5.73 Å². The van der Waals surface area contributed by atoms with E-state index in [-0.39, 0.29) is 16.9 Å². The fourth-order valence-electron chi connectivity index (χ4n) is 1.68. The summed E-state index contributed by atoms with van der Waals surface area (Å²) in [7, 11) is 0. The van der Waals surface area contributed by atoms with Gasteiger partial charge in [0.2, 0.25) is 0 Å². The summed E-state index contributed by atoms with van der Waals surface area (Å²) in [5.74, 6) is 0.390. The quantitative estimate of drug-likeness (QED) is 0.836. The van der Waals surface area contributed by atoms with Crippen molar-refractivity contribution in [2.24, 2.45) is 0 Å². The van der Waals surface area contributed by atoms with Crippen molar-refractivity contribution < 1.29 is 13.9 Å². The Hall–Kier alpha value is -1.94. The molecule has 106 valence electrons. The molecule has 2 aromatic carbocycles. The van der Waals surface area contributed by atoms with Gasteiger partial charge in [-0.05, 0) is 26.0 Å². The summed E-state index contributed by atoms with van der Waals surface area (Å²) in [4.78, 5) is 0. The van der Waals surface area contributed by atoms with E-state index in [4.69, 9.17) is 26.8 Å². The molecule has 0 aromatic heterocycles. The maximum absolute atomic E-state index is 13.8. The highest BCUT2D eigenvalue weighted by atomic mass is 35.5. The Morgan fingerprint density at radius 1 is 1.15 bits per heavy atom. The minimum Gasteiger partial charge on any atom is -0.491 e. The Labute approximate surface area is 122 Å². The fourth-order valence-corrected chi connectivity index (χ4v) is 1.85. The van der Waals surface area contributed by atoms with Gasteiger partial charge in [-0.2, -0.15) is 0 Å². The summed E-state index contributed by atoms with van der Waals surface area (Å²) in [6.45, 7) is 3.81. The molecule has 0 atom stereocenters. The Morgan fingerprint density at radius 2 is 1.85 bits per heavy atom. The average molecular weight is 296 g/mol. The van der Waals surface area contributed by atoms with Crippen molar-refractivity contribution in [3.63, 3.8) is 0 Å². The van der Waals surface area contributed by atoms with Crippen molar-refractivity contribution in [1.82, 2.24) is 0 Å². The zero-order valence-corrected chi connectivity index (χ0v) is 11.9. The van der Waals surface area contributed by atoms with Crippen LogP contribution in [-0.2, 0) is 0 Å². The van der Waals surface area contributed by atoms with Gasteiger partial charge in [-0.1, -0.05) is 17.7 Å². The molecule has 20 heavy (non-hydrogen) atoms. The molecule has 0 saturated carbocycles. The Bertz CT molecular complexity index is 617. The number of hydrogen-bond donors (Lipinski definition) is 1. The predicted molar refractivity (Wildman–Crippen MR) is 78.1 cm³/mol. The maximum atomic E-state index is 13.8. The van der Waals surface area contributed by atoms with Crippen LogP contribution in [-0.4, -0.2) is 6.10 Å². The number of rotatable bonds is 4. The van der Waals surface area contributed by atoms with Crippen LogP contribution < -0.4 is 15.2 Å². The van der Waals surface area contributed by atoms with Crippen LogP contribution in [0.3, 0.4) is 0 Å². The summed E-state index contributed by atoms with van der Waals surface area (Å²) < 4.78 is 24.8. The van der Waals surface area contributed by atoms with Crippen LogP contribution in [0.2, 0.25) is 5.02 Å². The van der Waals surface area contributed by atoms with E-state index in [1.54, 1.807) is 24.3 Å². The third-order valence-electron chi connectivity index (χ3n) is 2.42. The molecule has 0 saturated heterocycles. The molecule has 2 rings (SSSR count). The van der Waals surface area contributed by atoms with E-state index >= 15 is 0 Å². The summed E-state index contributed by atoms with van der Waals surface area (Å²) >= 11 is 5.71. The molecule has 0 amide bonds. The van der Waals surface area contributed by atoms with E-state index in [0.29, 0.717) is 17.2 Å². The van der Waals surface area contributed by atoms with Crippen molar-refractivity contribution in [3.05, 3.63) is 47.2 Å². The summed E-state index contributed by atoms with van der Waals surface area (Å²) in [5, 5.41) is 0.00468. The second-order valence-corrected chi connectivity index (χ2v) is 4.97. The molecule has 3 nitrogen and oxygen atoms in total. The molecule has 5 heteroatoms. The van der Waals surface area contributed by atoms with Gasteiger partial charge in [0.25, 0.3) is 0 Å². The van der Waals surface area contributed by atoms with Gasteiger partial charge in [-0.25, -0.2) is 4.39 Å². The van der Waals surface area contributed by atoms with Crippen molar-refractivity contribution in [2.45, 2.75) is 20.0 Å². The first-order valence-corrected chi connectivity index (χ1v) is 6.52. The number of ether oxygens (including phenoxy) is 2. The Balaban J connectivity index is 2.29. The van der Waals surface area contributed by atoms with Crippen LogP contribution in [0.5, 0.6) is 17.2 Å². The molecule has 2 N–H and O–H groups in total. The SMILES string of the molecule is CC(C)Oc1cc(N)cc(Oc2cccc(Cl)c2F)c1. The topological polar surface area (TPSA) is 44.5 Å². The first kappa shape index (κ1) is 14.5. The van der Waals surface area contributed by atoms with Gasteiger partial charge < -0.3 is 15.2 Å². The number of halogens is 2. The lowest BCUT2D eigenvalue weighted by molar-refractivity contribution is 0.241. The molecule has 0 aliphatic carbocycles. The minimum absolute atomic E-state index is 0.00468. The first-order chi connectivity index (χ1) is 9.45. The molecule has 0 fully saturated rings. The number of benzene rings is 2. The molecular formula is C15H15ClFNO2. The van der Waals surface area contributed by atoms with Crippen LogP contribution in [0, 0.1) is 5.82 Å². The highest BCUT2D eigenvalue weighted by molar-refractivity contribution is 6.30. The van der Waals surface area contributed by atoms with Crippen LogP contribution in [0.25, 0.3) is 0 Å². The third kappa shape index (κ3) is 3.54. The molecular weight excluding hydrogens is 281 g/mol. The smallest absolute Gasteiger partial charge is 0.184 e. The van der Waals surface area contributed by atoms with E-state index in [1.807, 2.05) is 13.8 Å². The lowest BCUT2D eigenvalue weighted by Crippen LogP contribution is -2.06. The summed E-state index contributed by atoms with van der Waals surface area (Å²) in [6.07, 6.45) is 0.00700. The minimum atomic E-state index is -0.608. The van der Waals surface area contributed by atoms with Gasteiger partial charge in [-0.3, -0.25) is 0 Å². The van der Waals surface area contributed by atoms with E-state index in [9.17, 15) is 4.39 Å². The van der Waals surface area contributed by atoms with Crippen molar-refractivity contribution in [1.29, 1.82) is 0 Å². The maximum Gasteiger partial charge on any atom is 0.184 e. The molecule has 0 heterocycles. The lowest BCUT2D eigenvalue weighted by Gasteiger charge is -2.13. The zero-order chi connectivity index (χ0) is 14.7. The molecule has 0 aliphatic heterocycles. The third-order valence-corrected chi connectivity index (χ3v) is 2.71. The predicted octanol–water partition coefficient (Wildman–Crippen LogP) is 4.64. The number of nitrogen functional groups attached to an aromatic ring is 1. The number of hydrogen-bond acceptors (Lipinski definition) is 3. The summed E-state index contributed by atoms with van der Waals surface area (Å²) in [5.41, 5.74) is 6.25. The van der Waals surface area contributed by atoms with Crippen LogP contribution >= 0.6 is 11.6 Å². The van der Waals surface area contributed by atoms with E-state index < -0.39 is 5.82 Å². The van der Waals surface area contributed by atoms with Crippen molar-refractivity contribution in [3.8, 4) is 17.2 Å². The largest absolute Gasteiger partial charge is 0.491 e. The Kier molecular flexibility index (Phi) is 4.35. The summed E-state index contributed by atoms with van der Waals surface area (Å²) in [6, 6.07) is 9.48. The fraction of sp³-hybridized carbons (Fsp3) is 0.200. The standard InChI is InChI=1S/C15H15ClFNO2/c1-9(2)19-11-6-10(18)7-12(8-11)20-14-5-3-4-13(16)15(14)17/h3-9H,18H2,1-2H3. The van der Waals surface area contributed by atoms with Crippen LogP contribution in [0.1, 0.15) is 13.8 Å². The number of anilines is 1. The number of nitrogens with two attached hydrogens (primary N) is 1. The van der Waals surface area contributed by atoms with Crippen LogP contribution in [0.15, 0.2) is 36.4 Å². The highest BCUT2D eigenvalue weighted by Crippen LogP contribution is 2.32. The Morgan fingerprint density at radius 3 is 2.55 bits per heavy atom. The van der Waals surface area contributed by atoms with Gasteiger partial charge in [0.1, 0.15) is 11.5 Å². The molecule has 0 spiro atoms. The molecule has 0 bridgehead atoms. The molecule has 0 aliphatic rings. The van der Waals surface area contributed by atoms with Gasteiger partial charge in [0, 0.05) is 23.9 Å². The van der Waals surface area contributed by atoms with E-state index in [0.717, 1.165) is 0 Å². The van der Waals surface area contributed by atoms with Gasteiger partial charge in [0.15, 0.2) is 11.6 Å². The normalized spacial score (nSPS) is 10.7. The van der Waals surface area contributed by atoms with Gasteiger partial charge in [-0.15, -0.1) is 0 Å². The zero-order valence-electron chi connectivity index (χ0n) is 11.2. The van der Waals surface area contributed by atoms with E-state index in [2.05, 4.69) is 0 Å². The average Bonchev–Trinajstić information content (AvgIpc) is 2.33. The van der Waals surface area contributed by atoms with E-state index in [1.165, 1.54) is 12.1 Å². The monoisotopic (exact) mass is 295 g/mol. The molecule has 0 unspecified atom stereocenters.